The Hall–Kier alpha value is 0.699. The number of rotatable bonds is 0. The van der Waals surface area contributed by atoms with Crippen molar-refractivity contribution in [2.45, 2.75) is 0 Å². The van der Waals surface area contributed by atoms with Crippen LogP contribution in [-0.4, -0.2) is 8.41 Å². The van der Waals surface area contributed by atoms with Crippen LogP contribution >= 0.6 is 0 Å². The van der Waals surface area contributed by atoms with E-state index >= 15 is 0 Å². The fourth-order valence-corrected chi connectivity index (χ4v) is 0. The Labute approximate surface area is 41.7 Å². The fraction of sp³-hybridized carbons (Fsp3) is 0. The van der Waals surface area contributed by atoms with Crippen LogP contribution in [0.25, 0.3) is 0 Å². The minimum absolute atomic E-state index is 0. The van der Waals surface area contributed by atoms with Crippen LogP contribution in [-0.2, 0) is 32.7 Å². The molecule has 0 aromatic rings. The molecule has 2 nitrogen and oxygen atoms in total. The normalized spacial score (nSPS) is 0. The number of hydrogen-bond acceptors (Lipinski definition) is 0. The molecule has 0 unspecified atom stereocenters. The average molecular weight is 93.7 g/mol. The molecule has 0 saturated carbocycles. The zero-order valence-electron chi connectivity index (χ0n) is 1.32. The summed E-state index contributed by atoms with van der Waals surface area (Å²) in [5, 5.41) is 0. The van der Waals surface area contributed by atoms with Gasteiger partial charge >= 0.3 is 21.7 Å². The summed E-state index contributed by atoms with van der Waals surface area (Å²) in [6.45, 7) is 0. The van der Waals surface area contributed by atoms with Crippen molar-refractivity contribution in [3.05, 3.63) is 0 Å². The van der Waals surface area contributed by atoms with Crippen molar-refractivity contribution in [2.24, 2.45) is 0 Å². The third kappa shape index (κ3) is 15.9. The molecule has 0 aromatic carbocycles. The number of hydrogen-bond donors (Lipinski definition) is 0. The predicted molar refractivity (Wildman–Crippen MR) is 11.3 cm³/mol. The van der Waals surface area contributed by atoms with Crippen molar-refractivity contribution in [1.29, 1.82) is 0 Å². The van der Waals surface area contributed by atoms with Gasteiger partial charge in [0.1, 0.15) is 0 Å². The van der Waals surface area contributed by atoms with Crippen molar-refractivity contribution >= 4 is 8.41 Å². The van der Waals surface area contributed by atoms with Gasteiger partial charge in [-0.2, -0.15) is 0 Å². The Balaban J connectivity index is 0. The second kappa shape index (κ2) is 55.1. The quantitative estimate of drug-likeness (QED) is 0.330. The van der Waals surface area contributed by atoms with E-state index in [1.54, 1.807) is 0 Å². The van der Waals surface area contributed by atoms with Gasteiger partial charge in [0.2, 0.25) is 0 Å². The molecular formula is H3BO2Ti. The molecule has 4 heteroatoms. The van der Waals surface area contributed by atoms with Crippen molar-refractivity contribution in [3.63, 3.8) is 0 Å². The Kier molecular flexibility index (Phi) is 1810. The van der Waals surface area contributed by atoms with E-state index in [0.29, 0.717) is 0 Å². The van der Waals surface area contributed by atoms with E-state index in [9.17, 15) is 0 Å². The predicted octanol–water partition coefficient (Wildman–Crippen LogP) is -1.42. The van der Waals surface area contributed by atoms with Crippen LogP contribution in [0.15, 0.2) is 0 Å². The molecule has 0 aliphatic rings. The minimum Gasteiger partial charge on any atom is -2.00 e. The molecule has 0 atom stereocenters. The molecule has 22 valence electrons. The van der Waals surface area contributed by atoms with Crippen molar-refractivity contribution in [2.75, 3.05) is 0 Å². The maximum absolute atomic E-state index is 0. The van der Waals surface area contributed by atoms with Gasteiger partial charge in [0.05, 0.1) is 8.41 Å². The molecule has 0 fully saturated rings. The maximum Gasteiger partial charge on any atom is 4.00 e. The van der Waals surface area contributed by atoms with Gasteiger partial charge in [-0.3, -0.25) is 0 Å². The van der Waals surface area contributed by atoms with Crippen molar-refractivity contribution in [3.8, 4) is 0 Å². The molecule has 0 amide bonds. The Morgan fingerprint density at radius 2 is 0.750 bits per heavy atom. The first-order valence-electron chi connectivity index (χ1n) is 0. The van der Waals surface area contributed by atoms with E-state index < -0.39 is 0 Å². The molecule has 0 aromatic heterocycles. The fourth-order valence-electron chi connectivity index (χ4n) is 0. The zero-order valence-corrected chi connectivity index (χ0v) is 2.88. The SMILES string of the molecule is B.[O-2].[O-2].[Ti+4]. The van der Waals surface area contributed by atoms with Gasteiger partial charge in [0.25, 0.3) is 0 Å². The topological polar surface area (TPSA) is 57.0 Å². The van der Waals surface area contributed by atoms with Gasteiger partial charge in [-0.15, -0.1) is 0 Å². The maximum atomic E-state index is 0. The summed E-state index contributed by atoms with van der Waals surface area (Å²) in [4.78, 5) is 0. The third-order valence-electron chi connectivity index (χ3n) is 0. The molecule has 0 radical (unpaired) electrons. The second-order valence-electron chi connectivity index (χ2n) is 0. The van der Waals surface area contributed by atoms with Gasteiger partial charge in [-0.05, 0) is 0 Å². The van der Waals surface area contributed by atoms with Crippen LogP contribution in [0.5, 0.6) is 0 Å². The largest absolute Gasteiger partial charge is 4.00 e. The first-order chi connectivity index (χ1) is 0. The molecule has 4 heavy (non-hydrogen) atoms. The Bertz CT molecular complexity index is 6.00. The van der Waals surface area contributed by atoms with E-state index in [2.05, 4.69) is 0 Å². The van der Waals surface area contributed by atoms with Crippen LogP contribution in [0.4, 0.5) is 0 Å². The van der Waals surface area contributed by atoms with E-state index in [1.165, 1.54) is 0 Å². The summed E-state index contributed by atoms with van der Waals surface area (Å²) in [5.41, 5.74) is 0. The van der Waals surface area contributed by atoms with Gasteiger partial charge in [0, 0.05) is 0 Å². The summed E-state index contributed by atoms with van der Waals surface area (Å²) in [6, 6.07) is 0. The van der Waals surface area contributed by atoms with Crippen LogP contribution < -0.4 is 0 Å². The van der Waals surface area contributed by atoms with Gasteiger partial charge in [0.15, 0.2) is 0 Å². The minimum atomic E-state index is 0. The van der Waals surface area contributed by atoms with Crippen molar-refractivity contribution in [1.82, 2.24) is 0 Å². The monoisotopic (exact) mass is 94.0 g/mol. The van der Waals surface area contributed by atoms with Crippen LogP contribution in [0.1, 0.15) is 0 Å². The Morgan fingerprint density at radius 3 is 0.750 bits per heavy atom. The first kappa shape index (κ1) is 132. The molecule has 0 N–H and O–H groups in total. The second-order valence-corrected chi connectivity index (χ2v) is 0. The van der Waals surface area contributed by atoms with Gasteiger partial charge in [-0.25, -0.2) is 0 Å². The van der Waals surface area contributed by atoms with E-state index in [0.717, 1.165) is 0 Å². The average Bonchev–Trinajstić information content (AvgIpc) is 0. The van der Waals surface area contributed by atoms with Crippen LogP contribution in [0, 0.1) is 0 Å². The molecule has 0 saturated heterocycles. The van der Waals surface area contributed by atoms with E-state index in [1.807, 2.05) is 0 Å². The first-order valence-corrected chi connectivity index (χ1v) is 0. The molecule has 0 rings (SSSR count). The summed E-state index contributed by atoms with van der Waals surface area (Å²) >= 11 is 0. The molecule has 0 bridgehead atoms. The molecule has 0 aliphatic heterocycles. The van der Waals surface area contributed by atoms with Crippen LogP contribution in [0.3, 0.4) is 0 Å². The molecule has 0 aliphatic carbocycles. The van der Waals surface area contributed by atoms with Gasteiger partial charge < -0.3 is 11.0 Å². The molecule has 0 spiro atoms. The van der Waals surface area contributed by atoms with E-state index in [-0.39, 0.29) is 41.1 Å². The summed E-state index contributed by atoms with van der Waals surface area (Å²) in [7, 11) is 0. The van der Waals surface area contributed by atoms with E-state index in [4.69, 9.17) is 0 Å². The zero-order chi connectivity index (χ0) is 0. The smallest absolute Gasteiger partial charge is 2.00 e. The summed E-state index contributed by atoms with van der Waals surface area (Å²) in [5.74, 6) is 0. The Morgan fingerprint density at radius 1 is 0.750 bits per heavy atom. The molecule has 0 heterocycles. The van der Waals surface area contributed by atoms with Crippen molar-refractivity contribution < 1.29 is 32.7 Å². The standard InChI is InChI=1S/BH3.2O.Ti/h1H3;;;/q;2*-2;+4. The third-order valence-corrected chi connectivity index (χ3v) is 0. The summed E-state index contributed by atoms with van der Waals surface area (Å²) < 4.78 is 0. The summed E-state index contributed by atoms with van der Waals surface area (Å²) in [6.07, 6.45) is 0. The van der Waals surface area contributed by atoms with Crippen LogP contribution in [0.2, 0.25) is 0 Å². The van der Waals surface area contributed by atoms with Gasteiger partial charge in [-0.1, -0.05) is 0 Å². The molecular weight excluding hydrogens is 90.7 g/mol.